The van der Waals surface area contributed by atoms with Gasteiger partial charge in [0.15, 0.2) is 5.78 Å². The first-order valence-electron chi connectivity index (χ1n) is 6.73. The first-order chi connectivity index (χ1) is 9.16. The minimum absolute atomic E-state index is 0.0152. The zero-order chi connectivity index (χ0) is 13.7. The van der Waals surface area contributed by atoms with E-state index in [0.29, 0.717) is 18.5 Å². The van der Waals surface area contributed by atoms with E-state index in [1.54, 1.807) is 17.0 Å². The molecule has 0 unspecified atom stereocenters. The molecule has 1 aliphatic heterocycles. The van der Waals surface area contributed by atoms with Gasteiger partial charge in [-0.05, 0) is 25.0 Å². The van der Waals surface area contributed by atoms with Crippen LogP contribution in [0.5, 0.6) is 0 Å². The maximum atomic E-state index is 12.2. The third-order valence-corrected chi connectivity index (χ3v) is 3.95. The fraction of sp³-hybridized carbons (Fsp3) is 0.467. The molecule has 0 radical (unpaired) electrons. The molecule has 1 aromatic rings. The molecule has 4 heteroatoms. The van der Waals surface area contributed by atoms with Gasteiger partial charge in [-0.25, -0.2) is 0 Å². The van der Waals surface area contributed by atoms with Crippen molar-refractivity contribution in [2.24, 2.45) is 0 Å². The molecule has 102 valence electrons. The van der Waals surface area contributed by atoms with Crippen molar-refractivity contribution < 1.29 is 9.59 Å². The molecule has 0 aliphatic carbocycles. The van der Waals surface area contributed by atoms with Crippen LogP contribution < -0.4 is 0 Å². The molecule has 1 amide bonds. The summed E-state index contributed by atoms with van der Waals surface area (Å²) in [6.07, 6.45) is 4.80. The maximum absolute atomic E-state index is 12.2. The molecular formula is C15H18BrNO2. The van der Waals surface area contributed by atoms with E-state index in [1.807, 2.05) is 12.1 Å². The Balaban J connectivity index is 2.00. The number of halogens is 1. The first kappa shape index (κ1) is 14.3. The van der Waals surface area contributed by atoms with Crippen LogP contribution in [-0.4, -0.2) is 29.7 Å². The summed E-state index contributed by atoms with van der Waals surface area (Å²) in [6.45, 7) is 0.918. The number of hydrogen-bond acceptors (Lipinski definition) is 2. The van der Waals surface area contributed by atoms with Gasteiger partial charge in [-0.15, -0.1) is 0 Å². The summed E-state index contributed by atoms with van der Waals surface area (Å²) >= 11 is 3.35. The van der Waals surface area contributed by atoms with Crippen LogP contribution >= 0.6 is 15.9 Å². The van der Waals surface area contributed by atoms with Gasteiger partial charge in [-0.3, -0.25) is 9.59 Å². The zero-order valence-electron chi connectivity index (χ0n) is 10.9. The molecule has 2 rings (SSSR count). The zero-order valence-corrected chi connectivity index (χ0v) is 12.5. The molecule has 0 N–H and O–H groups in total. The van der Waals surface area contributed by atoms with Gasteiger partial charge in [0.25, 0.3) is 0 Å². The summed E-state index contributed by atoms with van der Waals surface area (Å²) in [4.78, 5) is 25.8. The summed E-state index contributed by atoms with van der Waals surface area (Å²) in [5, 5.41) is 0. The molecule has 1 fully saturated rings. The summed E-state index contributed by atoms with van der Waals surface area (Å²) in [6, 6.07) is 7.28. The lowest BCUT2D eigenvalue weighted by molar-refractivity contribution is -0.131. The van der Waals surface area contributed by atoms with Crippen LogP contribution in [0.15, 0.2) is 28.7 Å². The second-order valence-corrected chi connectivity index (χ2v) is 5.83. The lowest BCUT2D eigenvalue weighted by atomic mass is 10.1. The fourth-order valence-electron chi connectivity index (χ4n) is 2.28. The van der Waals surface area contributed by atoms with E-state index in [1.165, 1.54) is 0 Å². The van der Waals surface area contributed by atoms with Gasteiger partial charge in [0.05, 0.1) is 6.54 Å². The molecule has 0 spiro atoms. The number of likely N-dealkylation sites (tertiary alicyclic amines) is 1. The Morgan fingerprint density at radius 2 is 1.79 bits per heavy atom. The minimum Gasteiger partial charge on any atom is -0.335 e. The molecule has 0 saturated carbocycles. The monoisotopic (exact) mass is 323 g/mol. The topological polar surface area (TPSA) is 37.4 Å². The van der Waals surface area contributed by atoms with Crippen LogP contribution in [0.4, 0.5) is 0 Å². The largest absolute Gasteiger partial charge is 0.335 e. The van der Waals surface area contributed by atoms with E-state index < -0.39 is 0 Å². The van der Waals surface area contributed by atoms with Crippen molar-refractivity contribution in [3.8, 4) is 0 Å². The van der Waals surface area contributed by atoms with E-state index in [-0.39, 0.29) is 18.2 Å². The van der Waals surface area contributed by atoms with E-state index in [9.17, 15) is 9.59 Å². The molecule has 0 atom stereocenters. The van der Waals surface area contributed by atoms with Gasteiger partial charge in [-0.1, -0.05) is 40.9 Å². The lowest BCUT2D eigenvalue weighted by Crippen LogP contribution is -2.37. The van der Waals surface area contributed by atoms with Crippen molar-refractivity contribution >= 4 is 27.6 Å². The normalized spacial score (nSPS) is 16.9. The van der Waals surface area contributed by atoms with Crippen LogP contribution in [0.1, 0.15) is 42.5 Å². The Bertz CT molecular complexity index is 456. The fourth-order valence-corrected chi connectivity index (χ4v) is 2.55. The van der Waals surface area contributed by atoms with Crippen molar-refractivity contribution in [3.63, 3.8) is 0 Å². The van der Waals surface area contributed by atoms with Crippen LogP contribution in [0, 0.1) is 0 Å². The third kappa shape index (κ3) is 4.16. The second kappa shape index (κ2) is 6.85. The highest BCUT2D eigenvalue weighted by Crippen LogP contribution is 2.14. The van der Waals surface area contributed by atoms with Crippen molar-refractivity contribution in [1.29, 1.82) is 0 Å². The summed E-state index contributed by atoms with van der Waals surface area (Å²) < 4.78 is 0.950. The Morgan fingerprint density at radius 1 is 1.11 bits per heavy atom. The Labute approximate surface area is 122 Å². The van der Waals surface area contributed by atoms with Gasteiger partial charge in [0, 0.05) is 23.0 Å². The number of hydrogen-bond donors (Lipinski definition) is 0. The molecule has 1 aromatic carbocycles. The third-order valence-electron chi connectivity index (χ3n) is 3.42. The number of rotatable bonds is 3. The number of benzene rings is 1. The van der Waals surface area contributed by atoms with E-state index in [2.05, 4.69) is 15.9 Å². The molecule has 0 aromatic heterocycles. The Kier molecular flexibility index (Phi) is 5.14. The number of nitrogens with zero attached hydrogens (tertiary/aromatic N) is 1. The molecule has 1 aliphatic rings. The van der Waals surface area contributed by atoms with Crippen LogP contribution in [0.3, 0.4) is 0 Å². The molecule has 1 saturated heterocycles. The second-order valence-electron chi connectivity index (χ2n) is 4.91. The van der Waals surface area contributed by atoms with Gasteiger partial charge >= 0.3 is 0 Å². The van der Waals surface area contributed by atoms with E-state index in [4.69, 9.17) is 0 Å². The SMILES string of the molecule is O=C(CN1CCCCCCC1=O)c1ccc(Br)cc1. The summed E-state index contributed by atoms with van der Waals surface area (Å²) in [7, 11) is 0. The van der Waals surface area contributed by atoms with Crippen LogP contribution in [0.2, 0.25) is 0 Å². The smallest absolute Gasteiger partial charge is 0.222 e. The number of ketones is 1. The number of amides is 1. The maximum Gasteiger partial charge on any atom is 0.222 e. The molecule has 0 bridgehead atoms. The lowest BCUT2D eigenvalue weighted by Gasteiger charge is -2.24. The average Bonchev–Trinajstić information content (AvgIpc) is 2.39. The number of Topliss-reactive ketones (excluding diaryl/α,β-unsaturated/α-hetero) is 1. The highest BCUT2D eigenvalue weighted by molar-refractivity contribution is 9.10. The Hall–Kier alpha value is -1.16. The predicted octanol–water partition coefficient (Wildman–Crippen LogP) is 3.42. The van der Waals surface area contributed by atoms with E-state index >= 15 is 0 Å². The minimum atomic E-state index is 0.0152. The van der Waals surface area contributed by atoms with E-state index in [0.717, 1.165) is 30.2 Å². The highest BCUT2D eigenvalue weighted by Gasteiger charge is 2.19. The van der Waals surface area contributed by atoms with Crippen LogP contribution in [-0.2, 0) is 4.79 Å². The molecule has 3 nitrogen and oxygen atoms in total. The molecular weight excluding hydrogens is 306 g/mol. The molecule has 1 heterocycles. The predicted molar refractivity (Wildman–Crippen MR) is 78.1 cm³/mol. The Morgan fingerprint density at radius 3 is 2.53 bits per heavy atom. The number of carbonyl (C=O) groups is 2. The van der Waals surface area contributed by atoms with Crippen molar-refractivity contribution in [1.82, 2.24) is 4.90 Å². The molecule has 19 heavy (non-hydrogen) atoms. The van der Waals surface area contributed by atoms with Gasteiger partial charge in [0.2, 0.25) is 5.91 Å². The van der Waals surface area contributed by atoms with Crippen LogP contribution in [0.25, 0.3) is 0 Å². The quantitative estimate of drug-likeness (QED) is 0.799. The summed E-state index contributed by atoms with van der Waals surface area (Å²) in [5.74, 6) is 0.131. The average molecular weight is 324 g/mol. The van der Waals surface area contributed by atoms with Gasteiger partial charge in [-0.2, -0.15) is 0 Å². The van der Waals surface area contributed by atoms with Gasteiger partial charge < -0.3 is 4.90 Å². The summed E-state index contributed by atoms with van der Waals surface area (Å²) in [5.41, 5.74) is 0.665. The van der Waals surface area contributed by atoms with Crippen molar-refractivity contribution in [2.45, 2.75) is 32.1 Å². The van der Waals surface area contributed by atoms with Crippen molar-refractivity contribution in [2.75, 3.05) is 13.1 Å². The standard InChI is InChI=1S/C15H18BrNO2/c16-13-8-6-12(7-9-13)14(18)11-17-10-4-2-1-3-5-15(17)19/h6-9H,1-5,10-11H2. The first-order valence-corrected chi connectivity index (χ1v) is 7.52. The van der Waals surface area contributed by atoms with Gasteiger partial charge in [0.1, 0.15) is 0 Å². The number of carbonyl (C=O) groups excluding carboxylic acids is 2. The van der Waals surface area contributed by atoms with Crippen molar-refractivity contribution in [3.05, 3.63) is 34.3 Å². The highest BCUT2D eigenvalue weighted by atomic mass is 79.9.